The van der Waals surface area contributed by atoms with Gasteiger partial charge >= 0.3 is 0 Å². The predicted molar refractivity (Wildman–Crippen MR) is 93.6 cm³/mol. The Bertz CT molecular complexity index is 637. The molecule has 1 aromatic heterocycles. The quantitative estimate of drug-likeness (QED) is 0.694. The van der Waals surface area contributed by atoms with Gasteiger partial charge in [-0.05, 0) is 30.4 Å². The molecule has 0 bridgehead atoms. The average Bonchev–Trinajstić information content (AvgIpc) is 3.04. The molecular formula is C19H26N2O3. The molecule has 0 aliphatic heterocycles. The van der Waals surface area contributed by atoms with E-state index in [0.717, 1.165) is 12.0 Å². The van der Waals surface area contributed by atoms with Crippen LogP contribution in [0.25, 0.3) is 0 Å². The number of aliphatic hydroxyl groups is 1. The van der Waals surface area contributed by atoms with Crippen molar-refractivity contribution in [1.82, 2.24) is 5.32 Å². The molecule has 0 aliphatic carbocycles. The van der Waals surface area contributed by atoms with Gasteiger partial charge < -0.3 is 20.6 Å². The summed E-state index contributed by atoms with van der Waals surface area (Å²) in [4.78, 5) is 12.3. The summed E-state index contributed by atoms with van der Waals surface area (Å²) in [6, 6.07) is 10.7. The van der Waals surface area contributed by atoms with Gasteiger partial charge in [0, 0.05) is 12.6 Å². The van der Waals surface area contributed by atoms with Crippen LogP contribution >= 0.6 is 0 Å². The molecule has 24 heavy (non-hydrogen) atoms. The van der Waals surface area contributed by atoms with Crippen molar-refractivity contribution in [3.8, 4) is 0 Å². The monoisotopic (exact) mass is 330 g/mol. The van der Waals surface area contributed by atoms with Crippen LogP contribution < -0.4 is 11.1 Å². The number of nitrogens with one attached hydrogen (secondary N) is 1. The van der Waals surface area contributed by atoms with E-state index in [1.54, 1.807) is 6.07 Å². The van der Waals surface area contributed by atoms with Crippen molar-refractivity contribution in [3.05, 3.63) is 59.5 Å². The van der Waals surface area contributed by atoms with Crippen LogP contribution in [0.1, 0.15) is 48.1 Å². The van der Waals surface area contributed by atoms with Gasteiger partial charge in [-0.2, -0.15) is 0 Å². The molecule has 0 saturated carbocycles. The van der Waals surface area contributed by atoms with Gasteiger partial charge in [-0.25, -0.2) is 0 Å². The van der Waals surface area contributed by atoms with Crippen molar-refractivity contribution in [2.45, 2.75) is 38.8 Å². The molecule has 2 unspecified atom stereocenters. The fraction of sp³-hybridized carbons (Fsp3) is 0.421. The lowest BCUT2D eigenvalue weighted by atomic mass is 9.98. The molecule has 0 spiro atoms. The van der Waals surface area contributed by atoms with Crippen LogP contribution in [-0.2, 0) is 6.42 Å². The van der Waals surface area contributed by atoms with E-state index in [-0.39, 0.29) is 11.7 Å². The largest absolute Gasteiger partial charge is 0.466 e. The number of hydrogen-bond donors (Lipinski definition) is 3. The molecule has 0 fully saturated rings. The Morgan fingerprint density at radius 2 is 1.96 bits per heavy atom. The van der Waals surface area contributed by atoms with Gasteiger partial charge in [0.1, 0.15) is 11.9 Å². The lowest BCUT2D eigenvalue weighted by Crippen LogP contribution is -2.32. The molecule has 2 aromatic rings. The molecule has 5 nitrogen and oxygen atoms in total. The van der Waals surface area contributed by atoms with Crippen molar-refractivity contribution in [1.29, 1.82) is 0 Å². The van der Waals surface area contributed by atoms with Crippen LogP contribution in [-0.4, -0.2) is 23.6 Å². The average molecular weight is 330 g/mol. The van der Waals surface area contributed by atoms with Crippen molar-refractivity contribution in [3.63, 3.8) is 0 Å². The molecule has 4 N–H and O–H groups in total. The maximum absolute atomic E-state index is 12.3. The molecule has 2 rings (SSSR count). The molecule has 1 heterocycles. The fourth-order valence-electron chi connectivity index (χ4n) is 2.50. The Balaban J connectivity index is 2.01. The third-order valence-electron chi connectivity index (χ3n) is 3.94. The van der Waals surface area contributed by atoms with Crippen LogP contribution in [0, 0.1) is 5.92 Å². The zero-order chi connectivity index (χ0) is 17.5. The van der Waals surface area contributed by atoms with Gasteiger partial charge in [-0.1, -0.05) is 44.2 Å². The summed E-state index contributed by atoms with van der Waals surface area (Å²) in [6.07, 6.45) is 1.77. The molecule has 0 radical (unpaired) electrons. The third-order valence-corrected chi connectivity index (χ3v) is 3.94. The molecule has 2 atom stereocenters. The molecule has 0 saturated heterocycles. The first-order valence-corrected chi connectivity index (χ1v) is 8.32. The highest BCUT2D eigenvalue weighted by Crippen LogP contribution is 2.23. The van der Waals surface area contributed by atoms with Gasteiger partial charge in [-0.3, -0.25) is 4.79 Å². The zero-order valence-electron chi connectivity index (χ0n) is 14.2. The summed E-state index contributed by atoms with van der Waals surface area (Å²) in [5.41, 5.74) is 7.48. The van der Waals surface area contributed by atoms with Crippen LogP contribution in [0.5, 0.6) is 0 Å². The van der Waals surface area contributed by atoms with Gasteiger partial charge in [0.2, 0.25) is 0 Å². The summed E-state index contributed by atoms with van der Waals surface area (Å²) in [5.74, 6) is 0.491. The molecule has 130 valence electrons. The maximum atomic E-state index is 12.3. The standard InChI is InChI=1S/C19H26N2O3/c1-13(2)8-10-21-19(23)15-9-11-24-18(15)17(22)16(20)12-14-6-4-3-5-7-14/h3-7,9,11,13,16-17,22H,8,10,12,20H2,1-2H3,(H,21,23). The number of amides is 1. The van der Waals surface area contributed by atoms with E-state index in [0.29, 0.717) is 24.4 Å². The number of aliphatic hydroxyl groups excluding tert-OH is 1. The fourth-order valence-corrected chi connectivity index (χ4v) is 2.50. The number of furan rings is 1. The number of hydrogen-bond acceptors (Lipinski definition) is 4. The summed E-state index contributed by atoms with van der Waals surface area (Å²) in [5, 5.41) is 13.3. The van der Waals surface area contributed by atoms with Crippen LogP contribution in [0.2, 0.25) is 0 Å². The molecule has 5 heteroatoms. The minimum absolute atomic E-state index is 0.223. The van der Waals surface area contributed by atoms with Gasteiger partial charge in [0.05, 0.1) is 11.8 Å². The minimum atomic E-state index is -1.04. The molecular weight excluding hydrogens is 304 g/mol. The molecule has 1 aromatic carbocycles. The first-order chi connectivity index (χ1) is 11.5. The summed E-state index contributed by atoms with van der Waals surface area (Å²) >= 11 is 0. The Hall–Kier alpha value is -2.11. The Morgan fingerprint density at radius 1 is 1.25 bits per heavy atom. The Kier molecular flexibility index (Phi) is 6.58. The highest BCUT2D eigenvalue weighted by molar-refractivity contribution is 5.95. The third kappa shape index (κ3) is 4.94. The minimum Gasteiger partial charge on any atom is -0.466 e. The highest BCUT2D eigenvalue weighted by Gasteiger charge is 2.26. The van der Waals surface area contributed by atoms with Gasteiger partial charge in [-0.15, -0.1) is 0 Å². The second-order valence-corrected chi connectivity index (χ2v) is 6.44. The highest BCUT2D eigenvalue weighted by atomic mass is 16.4. The summed E-state index contributed by atoms with van der Waals surface area (Å²) in [6.45, 7) is 4.79. The Labute approximate surface area is 142 Å². The lowest BCUT2D eigenvalue weighted by Gasteiger charge is -2.18. The van der Waals surface area contributed by atoms with Crippen molar-refractivity contribution in [2.75, 3.05) is 6.54 Å². The lowest BCUT2D eigenvalue weighted by molar-refractivity contribution is 0.0923. The topological polar surface area (TPSA) is 88.5 Å². The van der Waals surface area contributed by atoms with E-state index in [1.807, 2.05) is 30.3 Å². The SMILES string of the molecule is CC(C)CCNC(=O)c1ccoc1C(O)C(N)Cc1ccccc1. The summed E-state index contributed by atoms with van der Waals surface area (Å²) < 4.78 is 5.34. The van der Waals surface area contributed by atoms with Crippen LogP contribution in [0.3, 0.4) is 0 Å². The van der Waals surface area contributed by atoms with Gasteiger partial charge in [0.15, 0.2) is 0 Å². The number of nitrogens with two attached hydrogens (primary N) is 1. The second kappa shape index (κ2) is 8.66. The predicted octanol–water partition coefficient (Wildman–Crippen LogP) is 2.66. The van der Waals surface area contributed by atoms with Crippen molar-refractivity contribution >= 4 is 5.91 Å². The van der Waals surface area contributed by atoms with Gasteiger partial charge in [0.25, 0.3) is 5.91 Å². The van der Waals surface area contributed by atoms with E-state index < -0.39 is 12.1 Å². The van der Waals surface area contributed by atoms with Crippen molar-refractivity contribution in [2.24, 2.45) is 11.7 Å². The van der Waals surface area contributed by atoms with Crippen molar-refractivity contribution < 1.29 is 14.3 Å². The summed E-state index contributed by atoms with van der Waals surface area (Å²) in [7, 11) is 0. The van der Waals surface area contributed by atoms with E-state index >= 15 is 0 Å². The second-order valence-electron chi connectivity index (χ2n) is 6.44. The number of rotatable bonds is 8. The van der Waals surface area contributed by atoms with Crippen LogP contribution in [0.15, 0.2) is 47.1 Å². The molecule has 0 aliphatic rings. The first-order valence-electron chi connectivity index (χ1n) is 8.32. The Morgan fingerprint density at radius 3 is 2.62 bits per heavy atom. The normalized spacial score (nSPS) is 13.7. The smallest absolute Gasteiger partial charge is 0.254 e. The van der Waals surface area contributed by atoms with Crippen LogP contribution in [0.4, 0.5) is 0 Å². The molecule has 1 amide bonds. The number of carbonyl (C=O) groups is 1. The number of benzene rings is 1. The zero-order valence-corrected chi connectivity index (χ0v) is 14.2. The first kappa shape index (κ1) is 18.2. The van der Waals surface area contributed by atoms with E-state index in [4.69, 9.17) is 10.2 Å². The van der Waals surface area contributed by atoms with E-state index in [1.165, 1.54) is 6.26 Å². The number of carbonyl (C=O) groups excluding carboxylic acids is 1. The maximum Gasteiger partial charge on any atom is 0.254 e. The van der Waals surface area contributed by atoms with E-state index in [2.05, 4.69) is 19.2 Å². The van der Waals surface area contributed by atoms with E-state index in [9.17, 15) is 9.90 Å².